The van der Waals surface area contributed by atoms with E-state index in [1.807, 2.05) is 13.0 Å². The Kier molecular flexibility index (Phi) is 3.78. The zero-order valence-corrected chi connectivity index (χ0v) is 14.4. The zero-order chi connectivity index (χ0) is 16.1. The molecule has 4 rings (SSSR count). The second-order valence-electron chi connectivity index (χ2n) is 7.47. The van der Waals surface area contributed by atoms with Gasteiger partial charge in [-0.3, -0.25) is 0 Å². The first-order chi connectivity index (χ1) is 11.0. The van der Waals surface area contributed by atoms with Gasteiger partial charge in [0.25, 0.3) is 0 Å². The lowest BCUT2D eigenvalue weighted by Crippen LogP contribution is -2.72. The molecule has 1 spiro atoms. The Bertz CT molecular complexity index is 669. The first-order valence-corrected chi connectivity index (χ1v) is 10.3. The summed E-state index contributed by atoms with van der Waals surface area (Å²) in [6, 6.07) is 9.16. The number of fused-ring (bicyclic) bond motifs is 2. The first kappa shape index (κ1) is 15.6. The summed E-state index contributed by atoms with van der Waals surface area (Å²) >= 11 is 0. The van der Waals surface area contributed by atoms with E-state index in [9.17, 15) is 8.42 Å². The van der Waals surface area contributed by atoms with Crippen LogP contribution in [0.4, 0.5) is 0 Å². The highest BCUT2D eigenvalue weighted by atomic mass is 32.2. The van der Waals surface area contributed by atoms with Crippen LogP contribution in [0.1, 0.15) is 32.6 Å². The van der Waals surface area contributed by atoms with Crippen LogP contribution in [-0.2, 0) is 14.6 Å². The summed E-state index contributed by atoms with van der Waals surface area (Å²) < 4.78 is 31.0. The van der Waals surface area contributed by atoms with E-state index in [-0.39, 0.29) is 11.8 Å². The van der Waals surface area contributed by atoms with E-state index in [1.54, 1.807) is 24.3 Å². The van der Waals surface area contributed by atoms with Crippen LogP contribution < -0.4 is 5.32 Å². The van der Waals surface area contributed by atoms with Gasteiger partial charge in [-0.15, -0.1) is 0 Å². The van der Waals surface area contributed by atoms with Crippen molar-refractivity contribution in [3.8, 4) is 0 Å². The Morgan fingerprint density at radius 1 is 1.30 bits per heavy atom. The molecule has 1 N–H and O–H groups in total. The van der Waals surface area contributed by atoms with E-state index in [0.29, 0.717) is 28.4 Å². The maximum Gasteiger partial charge on any atom is 0.179 e. The van der Waals surface area contributed by atoms with Crippen molar-refractivity contribution in [2.75, 3.05) is 12.4 Å². The van der Waals surface area contributed by atoms with Crippen LogP contribution in [0.5, 0.6) is 0 Å². The van der Waals surface area contributed by atoms with Gasteiger partial charge in [0.1, 0.15) is 0 Å². The topological polar surface area (TPSA) is 55.4 Å². The largest absolute Gasteiger partial charge is 0.377 e. The minimum atomic E-state index is -3.23. The number of hydrogen-bond donors (Lipinski definition) is 1. The molecule has 4 nitrogen and oxygen atoms in total. The lowest BCUT2D eigenvalue weighted by atomic mass is 9.46. The number of hydrogen-bond acceptors (Lipinski definition) is 4. The smallest absolute Gasteiger partial charge is 0.179 e. The van der Waals surface area contributed by atoms with Gasteiger partial charge in [0.15, 0.2) is 9.84 Å². The normalized spacial score (nSPS) is 32.8. The minimum absolute atomic E-state index is 0.0377. The molecule has 0 unspecified atom stereocenters. The minimum Gasteiger partial charge on any atom is -0.377 e. The van der Waals surface area contributed by atoms with Crippen LogP contribution in [0.2, 0.25) is 0 Å². The van der Waals surface area contributed by atoms with Crippen LogP contribution in [-0.4, -0.2) is 39.0 Å². The molecule has 0 radical (unpaired) electrons. The van der Waals surface area contributed by atoms with Gasteiger partial charge >= 0.3 is 0 Å². The molecule has 1 aromatic carbocycles. The van der Waals surface area contributed by atoms with Crippen LogP contribution in [0.25, 0.3) is 0 Å². The van der Waals surface area contributed by atoms with E-state index >= 15 is 0 Å². The van der Waals surface area contributed by atoms with Gasteiger partial charge in [-0.05, 0) is 38.3 Å². The van der Waals surface area contributed by atoms with Gasteiger partial charge < -0.3 is 10.1 Å². The first-order valence-electron chi connectivity index (χ1n) is 8.68. The molecule has 23 heavy (non-hydrogen) atoms. The molecule has 4 atom stereocenters. The lowest BCUT2D eigenvalue weighted by Gasteiger charge is -2.64. The summed E-state index contributed by atoms with van der Waals surface area (Å²) in [5.41, 5.74) is 0.298. The lowest BCUT2D eigenvalue weighted by molar-refractivity contribution is -0.177. The maximum atomic E-state index is 12.5. The third-order valence-corrected chi connectivity index (χ3v) is 8.00. The number of ether oxygens (including phenoxy) is 1. The summed E-state index contributed by atoms with van der Waals surface area (Å²) in [6.07, 6.45) is 5.27. The Hall–Kier alpha value is -0.910. The number of nitrogens with one attached hydrogen (secondary N) is 1. The third kappa shape index (κ3) is 2.44. The van der Waals surface area contributed by atoms with Crippen molar-refractivity contribution in [1.82, 2.24) is 5.32 Å². The summed E-state index contributed by atoms with van der Waals surface area (Å²) in [6.45, 7) is 2.86. The highest BCUT2D eigenvalue weighted by Crippen LogP contribution is 2.62. The van der Waals surface area contributed by atoms with Gasteiger partial charge in [-0.1, -0.05) is 24.6 Å². The summed E-state index contributed by atoms with van der Waals surface area (Å²) in [4.78, 5) is 0.419. The molecular weight excluding hydrogens is 310 g/mol. The SMILES string of the molecule is C[C@H](CS(=O)(=O)c1ccccc1)N[C@@H]1[C@@H]2CCO[C@@H]2C12CCC2. The molecule has 2 saturated carbocycles. The molecule has 1 saturated heterocycles. The number of benzene rings is 1. The fraction of sp³-hybridized carbons (Fsp3) is 0.667. The third-order valence-electron chi connectivity index (χ3n) is 6.07. The van der Waals surface area contributed by atoms with Crippen molar-refractivity contribution in [1.29, 1.82) is 0 Å². The van der Waals surface area contributed by atoms with E-state index in [4.69, 9.17) is 4.74 Å². The summed E-state index contributed by atoms with van der Waals surface area (Å²) in [7, 11) is -3.23. The molecule has 3 fully saturated rings. The maximum absolute atomic E-state index is 12.5. The quantitative estimate of drug-likeness (QED) is 0.898. The molecule has 0 bridgehead atoms. The van der Waals surface area contributed by atoms with Crippen LogP contribution in [0, 0.1) is 11.3 Å². The molecule has 1 aromatic rings. The second-order valence-corrected chi connectivity index (χ2v) is 9.50. The average molecular weight is 335 g/mol. The Balaban J connectivity index is 1.43. The number of sulfone groups is 1. The van der Waals surface area contributed by atoms with Crippen molar-refractivity contribution in [3.63, 3.8) is 0 Å². The van der Waals surface area contributed by atoms with Crippen molar-refractivity contribution in [3.05, 3.63) is 30.3 Å². The predicted molar refractivity (Wildman–Crippen MR) is 89.0 cm³/mol. The zero-order valence-electron chi connectivity index (χ0n) is 13.6. The van der Waals surface area contributed by atoms with E-state index in [1.165, 1.54) is 19.3 Å². The molecule has 1 heterocycles. The second kappa shape index (κ2) is 5.57. The molecule has 126 valence electrons. The molecule has 2 aliphatic carbocycles. The Labute approximate surface area is 138 Å². The van der Waals surface area contributed by atoms with Crippen LogP contribution in [0.15, 0.2) is 35.2 Å². The van der Waals surface area contributed by atoms with Gasteiger partial charge in [-0.25, -0.2) is 8.42 Å². The summed E-state index contributed by atoms with van der Waals surface area (Å²) in [5, 5.41) is 3.65. The molecule has 0 amide bonds. The Morgan fingerprint density at radius 3 is 2.70 bits per heavy atom. The van der Waals surface area contributed by atoms with E-state index in [0.717, 1.165) is 13.0 Å². The van der Waals surface area contributed by atoms with Crippen LogP contribution >= 0.6 is 0 Å². The van der Waals surface area contributed by atoms with Crippen molar-refractivity contribution < 1.29 is 13.2 Å². The van der Waals surface area contributed by atoms with Gasteiger partial charge in [-0.2, -0.15) is 0 Å². The molecular formula is C18H25NO3S. The van der Waals surface area contributed by atoms with Gasteiger partial charge in [0.2, 0.25) is 0 Å². The van der Waals surface area contributed by atoms with E-state index < -0.39 is 9.84 Å². The van der Waals surface area contributed by atoms with E-state index in [2.05, 4.69) is 5.32 Å². The van der Waals surface area contributed by atoms with Crippen molar-refractivity contribution >= 4 is 9.84 Å². The average Bonchev–Trinajstić information content (AvgIpc) is 2.89. The molecule has 3 aliphatic rings. The highest BCUT2D eigenvalue weighted by Gasteiger charge is 2.66. The van der Waals surface area contributed by atoms with Gasteiger partial charge in [0, 0.05) is 30.0 Å². The molecule has 5 heteroatoms. The Morgan fingerprint density at radius 2 is 2.04 bits per heavy atom. The summed E-state index contributed by atoms with van der Waals surface area (Å²) in [5.74, 6) is 0.735. The monoisotopic (exact) mass is 335 g/mol. The van der Waals surface area contributed by atoms with Crippen molar-refractivity contribution in [2.45, 2.75) is 55.7 Å². The fourth-order valence-electron chi connectivity index (χ4n) is 4.90. The van der Waals surface area contributed by atoms with Crippen LogP contribution in [0.3, 0.4) is 0 Å². The standard InChI is InChI=1S/C18H25NO3S/c1-13(12-23(20,21)14-6-3-2-4-7-14)19-16-15-8-11-22-17(15)18(16)9-5-10-18/h2-4,6-7,13,15-17,19H,5,8-12H2,1H3/t13-,15+,16-,17+/m1/s1. The van der Waals surface area contributed by atoms with Crippen molar-refractivity contribution in [2.24, 2.45) is 11.3 Å². The predicted octanol–water partition coefficient (Wildman–Crippen LogP) is 2.40. The number of rotatable bonds is 5. The molecule has 1 aliphatic heterocycles. The van der Waals surface area contributed by atoms with Gasteiger partial charge in [0.05, 0.1) is 16.8 Å². The molecule has 0 aromatic heterocycles. The fourth-order valence-corrected chi connectivity index (χ4v) is 6.42. The highest BCUT2D eigenvalue weighted by molar-refractivity contribution is 7.91.